The molecule has 116 valence electrons. The van der Waals surface area contributed by atoms with Crippen molar-refractivity contribution < 1.29 is 14.0 Å². The minimum atomic E-state index is -0.358. The molecule has 0 radical (unpaired) electrons. The molecule has 0 bridgehead atoms. The maximum atomic E-state index is 11.2. The molecule has 1 heterocycles. The zero-order chi connectivity index (χ0) is 15.1. The van der Waals surface area contributed by atoms with E-state index in [-0.39, 0.29) is 23.9 Å². The van der Waals surface area contributed by atoms with E-state index >= 15 is 0 Å². The number of carbonyl (C=O) groups is 2. The molecule has 1 aliphatic rings. The molecule has 1 aromatic heterocycles. The Morgan fingerprint density at radius 3 is 2.81 bits per heavy atom. The van der Waals surface area contributed by atoms with Gasteiger partial charge in [-0.15, -0.1) is 0 Å². The quantitative estimate of drug-likeness (QED) is 0.745. The van der Waals surface area contributed by atoms with Gasteiger partial charge in [0.15, 0.2) is 12.2 Å². The number of hydrogen-bond donors (Lipinski definition) is 1. The number of aromatic nitrogens is 1. The SMILES string of the molecule is NC(=O)C[C@@H](CCCC1CCCCC1)c1nc(C=O)co1. The summed E-state index contributed by atoms with van der Waals surface area (Å²) in [5, 5.41) is 0. The van der Waals surface area contributed by atoms with Gasteiger partial charge in [0.25, 0.3) is 0 Å². The lowest BCUT2D eigenvalue weighted by molar-refractivity contribution is -0.118. The highest BCUT2D eigenvalue weighted by molar-refractivity contribution is 5.74. The van der Waals surface area contributed by atoms with Crippen molar-refractivity contribution in [2.75, 3.05) is 0 Å². The number of oxazole rings is 1. The molecule has 2 rings (SSSR count). The van der Waals surface area contributed by atoms with E-state index in [1.54, 1.807) is 0 Å². The van der Waals surface area contributed by atoms with E-state index in [2.05, 4.69) is 4.98 Å². The fourth-order valence-corrected chi connectivity index (χ4v) is 3.23. The normalized spacial score (nSPS) is 17.5. The molecule has 0 aliphatic heterocycles. The largest absolute Gasteiger partial charge is 0.448 e. The minimum absolute atomic E-state index is 0.111. The highest BCUT2D eigenvalue weighted by Gasteiger charge is 2.21. The van der Waals surface area contributed by atoms with Gasteiger partial charge in [0.2, 0.25) is 5.91 Å². The summed E-state index contributed by atoms with van der Waals surface area (Å²) in [7, 11) is 0. The predicted molar refractivity (Wildman–Crippen MR) is 78.9 cm³/mol. The van der Waals surface area contributed by atoms with Crippen molar-refractivity contribution in [1.29, 1.82) is 0 Å². The Bertz CT molecular complexity index is 464. The summed E-state index contributed by atoms with van der Waals surface area (Å²) in [5.41, 5.74) is 5.58. The summed E-state index contributed by atoms with van der Waals surface area (Å²) in [5.74, 6) is 0.811. The third-order valence-electron chi connectivity index (χ3n) is 4.35. The van der Waals surface area contributed by atoms with E-state index in [4.69, 9.17) is 10.2 Å². The van der Waals surface area contributed by atoms with Crippen LogP contribution >= 0.6 is 0 Å². The number of aldehydes is 1. The molecule has 0 aromatic carbocycles. The van der Waals surface area contributed by atoms with Gasteiger partial charge >= 0.3 is 0 Å². The molecule has 1 aromatic rings. The molecule has 21 heavy (non-hydrogen) atoms. The minimum Gasteiger partial charge on any atom is -0.448 e. The third kappa shape index (κ3) is 4.99. The second-order valence-corrected chi connectivity index (χ2v) is 6.03. The van der Waals surface area contributed by atoms with Gasteiger partial charge in [-0.2, -0.15) is 0 Å². The fraction of sp³-hybridized carbons (Fsp3) is 0.688. The number of rotatable bonds is 8. The third-order valence-corrected chi connectivity index (χ3v) is 4.35. The second-order valence-electron chi connectivity index (χ2n) is 6.03. The highest BCUT2D eigenvalue weighted by atomic mass is 16.3. The molecule has 1 saturated carbocycles. The van der Waals surface area contributed by atoms with Gasteiger partial charge in [0, 0.05) is 12.3 Å². The Morgan fingerprint density at radius 2 is 2.19 bits per heavy atom. The van der Waals surface area contributed by atoms with Gasteiger partial charge < -0.3 is 10.2 Å². The maximum Gasteiger partial charge on any atom is 0.218 e. The van der Waals surface area contributed by atoms with Crippen molar-refractivity contribution in [3.63, 3.8) is 0 Å². The first-order chi connectivity index (χ1) is 10.2. The zero-order valence-corrected chi connectivity index (χ0v) is 12.4. The molecule has 2 N–H and O–H groups in total. The van der Waals surface area contributed by atoms with Gasteiger partial charge in [-0.25, -0.2) is 4.98 Å². The summed E-state index contributed by atoms with van der Waals surface area (Å²) in [6.07, 6.45) is 12.0. The smallest absolute Gasteiger partial charge is 0.218 e. The fourth-order valence-electron chi connectivity index (χ4n) is 3.23. The van der Waals surface area contributed by atoms with Gasteiger partial charge in [-0.1, -0.05) is 44.9 Å². The first kappa shape index (κ1) is 15.7. The van der Waals surface area contributed by atoms with Crippen LogP contribution in [-0.4, -0.2) is 17.2 Å². The molecule has 5 nitrogen and oxygen atoms in total. The van der Waals surface area contributed by atoms with E-state index in [1.165, 1.54) is 44.8 Å². The summed E-state index contributed by atoms with van der Waals surface area (Å²) < 4.78 is 5.31. The van der Waals surface area contributed by atoms with E-state index in [1.807, 2.05) is 0 Å². The molecule has 1 fully saturated rings. The van der Waals surface area contributed by atoms with Crippen LogP contribution in [0.4, 0.5) is 0 Å². The molecule has 0 spiro atoms. The number of nitrogens with two attached hydrogens (primary N) is 1. The summed E-state index contributed by atoms with van der Waals surface area (Å²) >= 11 is 0. The monoisotopic (exact) mass is 292 g/mol. The number of amides is 1. The second kappa shape index (κ2) is 7.96. The van der Waals surface area contributed by atoms with E-state index < -0.39 is 0 Å². The van der Waals surface area contributed by atoms with Crippen LogP contribution in [0.1, 0.15) is 80.1 Å². The van der Waals surface area contributed by atoms with E-state index in [0.717, 1.165) is 18.8 Å². The Kier molecular flexibility index (Phi) is 5.96. The van der Waals surface area contributed by atoms with Crippen LogP contribution in [0.15, 0.2) is 10.7 Å². The zero-order valence-electron chi connectivity index (χ0n) is 12.4. The maximum absolute atomic E-state index is 11.2. The molecular weight excluding hydrogens is 268 g/mol. The Labute approximate surface area is 125 Å². The summed E-state index contributed by atoms with van der Waals surface area (Å²) in [6.45, 7) is 0. The van der Waals surface area contributed by atoms with Crippen molar-refractivity contribution in [2.24, 2.45) is 11.7 Å². The van der Waals surface area contributed by atoms with E-state index in [9.17, 15) is 9.59 Å². The molecule has 0 saturated heterocycles. The van der Waals surface area contributed by atoms with Crippen LogP contribution in [0.5, 0.6) is 0 Å². The van der Waals surface area contributed by atoms with Gasteiger partial charge in [-0.05, 0) is 12.3 Å². The Morgan fingerprint density at radius 1 is 1.43 bits per heavy atom. The Hall–Kier alpha value is -1.65. The van der Waals surface area contributed by atoms with Crippen LogP contribution in [0.3, 0.4) is 0 Å². The van der Waals surface area contributed by atoms with Crippen LogP contribution in [0.25, 0.3) is 0 Å². The number of primary amides is 1. The molecule has 5 heteroatoms. The lowest BCUT2D eigenvalue weighted by atomic mass is 9.84. The predicted octanol–water partition coefficient (Wildman–Crippen LogP) is 3.20. The average Bonchev–Trinajstić information content (AvgIpc) is 2.96. The first-order valence-corrected chi connectivity index (χ1v) is 7.88. The van der Waals surface area contributed by atoms with Gasteiger partial charge in [0.05, 0.1) is 0 Å². The number of carbonyl (C=O) groups excluding carboxylic acids is 2. The molecular formula is C16H24N2O3. The van der Waals surface area contributed by atoms with Gasteiger partial charge in [0.1, 0.15) is 12.0 Å². The summed E-state index contributed by atoms with van der Waals surface area (Å²) in [4.78, 5) is 26.0. The highest BCUT2D eigenvalue weighted by Crippen LogP contribution is 2.31. The molecule has 1 amide bonds. The van der Waals surface area contributed by atoms with E-state index in [0.29, 0.717) is 12.2 Å². The standard InChI is InChI=1S/C16H24N2O3/c17-15(20)9-13(16-18-14(10-19)11-21-16)8-4-7-12-5-2-1-3-6-12/h10-13H,1-9H2,(H2,17,20)/t13-/m1/s1. The lowest BCUT2D eigenvalue weighted by Gasteiger charge is -2.22. The van der Waals surface area contributed by atoms with Crippen molar-refractivity contribution in [2.45, 2.75) is 63.7 Å². The number of nitrogens with zero attached hydrogens (tertiary/aromatic N) is 1. The van der Waals surface area contributed by atoms with Crippen molar-refractivity contribution in [3.05, 3.63) is 17.8 Å². The number of hydrogen-bond acceptors (Lipinski definition) is 4. The van der Waals surface area contributed by atoms with Crippen molar-refractivity contribution in [3.8, 4) is 0 Å². The lowest BCUT2D eigenvalue weighted by Crippen LogP contribution is -2.16. The molecule has 1 atom stereocenters. The van der Waals surface area contributed by atoms with Crippen LogP contribution < -0.4 is 5.73 Å². The molecule has 1 aliphatic carbocycles. The van der Waals surface area contributed by atoms with Crippen molar-refractivity contribution in [1.82, 2.24) is 4.98 Å². The molecule has 0 unspecified atom stereocenters. The Balaban J connectivity index is 1.86. The topological polar surface area (TPSA) is 86.2 Å². The average molecular weight is 292 g/mol. The van der Waals surface area contributed by atoms with Crippen LogP contribution in [0, 0.1) is 5.92 Å². The first-order valence-electron chi connectivity index (χ1n) is 7.88. The van der Waals surface area contributed by atoms with Crippen LogP contribution in [0.2, 0.25) is 0 Å². The van der Waals surface area contributed by atoms with Crippen molar-refractivity contribution >= 4 is 12.2 Å². The summed E-state index contributed by atoms with van der Waals surface area (Å²) in [6, 6.07) is 0. The van der Waals surface area contributed by atoms with Gasteiger partial charge in [-0.3, -0.25) is 9.59 Å². The van der Waals surface area contributed by atoms with Crippen LogP contribution in [-0.2, 0) is 4.79 Å².